The van der Waals surface area contributed by atoms with Crippen LogP contribution < -0.4 is 10.1 Å². The van der Waals surface area contributed by atoms with E-state index in [1.54, 1.807) is 18.2 Å². The van der Waals surface area contributed by atoms with E-state index in [-0.39, 0.29) is 23.8 Å². The molecule has 3 aromatic carbocycles. The molecule has 3 amide bonds. The predicted octanol–water partition coefficient (Wildman–Crippen LogP) is 4.42. The summed E-state index contributed by atoms with van der Waals surface area (Å²) >= 11 is 0. The lowest BCUT2D eigenvalue weighted by molar-refractivity contribution is -0.122. The molecule has 1 fully saturated rings. The van der Waals surface area contributed by atoms with Crippen LogP contribution in [0.3, 0.4) is 0 Å². The number of aromatic carboxylic acids is 1. The number of fused-ring (bicyclic) bond motifs is 1. The summed E-state index contributed by atoms with van der Waals surface area (Å²) in [4.78, 5) is 37.1. The van der Waals surface area contributed by atoms with Crippen molar-refractivity contribution in [2.45, 2.75) is 20.0 Å². The minimum atomic E-state index is -0.985. The summed E-state index contributed by atoms with van der Waals surface area (Å²) in [7, 11) is 0. The zero-order chi connectivity index (χ0) is 22.7. The molecule has 3 aromatic rings. The Hall–Kier alpha value is -4.13. The molecule has 0 unspecified atom stereocenters. The van der Waals surface area contributed by atoms with E-state index in [0.717, 1.165) is 16.3 Å². The highest BCUT2D eigenvalue weighted by molar-refractivity contribution is 6.14. The van der Waals surface area contributed by atoms with Crippen LogP contribution in [0.2, 0.25) is 0 Å². The van der Waals surface area contributed by atoms with Crippen molar-refractivity contribution in [1.29, 1.82) is 0 Å². The van der Waals surface area contributed by atoms with E-state index < -0.39 is 12.0 Å². The smallest absolute Gasteiger partial charge is 0.335 e. The Labute approximate surface area is 184 Å². The molecule has 0 saturated carbocycles. The molecule has 0 aliphatic carbocycles. The number of carboxylic acids is 1. The number of urea groups is 1. The number of benzene rings is 3. The average Bonchev–Trinajstić information content (AvgIpc) is 3.06. The van der Waals surface area contributed by atoms with Gasteiger partial charge in [-0.05, 0) is 47.0 Å². The summed E-state index contributed by atoms with van der Waals surface area (Å²) in [5, 5.41) is 13.6. The number of amides is 3. The monoisotopic (exact) mass is 430 g/mol. The molecule has 1 saturated heterocycles. The van der Waals surface area contributed by atoms with Gasteiger partial charge in [-0.1, -0.05) is 49.4 Å². The molecule has 32 heavy (non-hydrogen) atoms. The van der Waals surface area contributed by atoms with E-state index >= 15 is 0 Å². The standard InChI is InChI=1S/C25H22N2O5/c1-2-13-27-23(28)21(26-25(27)31)14-20-19-6-4-3-5-17(19)11-12-22(20)32-15-16-7-9-18(10-8-16)24(29)30/h3-12,14H,2,13,15H2,1H3,(H,26,31)(H,29,30)/b21-14+. The SMILES string of the molecule is CCCN1C(=O)N/C(=C/c2c(OCc3ccc(C(=O)O)cc3)ccc3ccccc23)C1=O. The van der Waals surface area contributed by atoms with Crippen LogP contribution in [0.15, 0.2) is 66.4 Å². The Kier molecular flexibility index (Phi) is 5.89. The third-order valence-corrected chi connectivity index (χ3v) is 5.22. The second-order valence-electron chi connectivity index (χ2n) is 7.43. The maximum absolute atomic E-state index is 12.7. The van der Waals surface area contributed by atoms with E-state index in [4.69, 9.17) is 9.84 Å². The maximum Gasteiger partial charge on any atom is 0.335 e. The first-order chi connectivity index (χ1) is 15.5. The van der Waals surface area contributed by atoms with E-state index in [1.165, 1.54) is 17.0 Å². The van der Waals surface area contributed by atoms with Crippen molar-refractivity contribution in [3.8, 4) is 5.75 Å². The van der Waals surface area contributed by atoms with Gasteiger partial charge in [0.15, 0.2) is 0 Å². The number of imide groups is 1. The van der Waals surface area contributed by atoms with E-state index in [2.05, 4.69) is 5.32 Å². The molecule has 2 N–H and O–H groups in total. The number of carbonyl (C=O) groups is 3. The average molecular weight is 430 g/mol. The number of nitrogens with one attached hydrogen (secondary N) is 1. The number of carboxylic acid groups (broad SMARTS) is 1. The van der Waals surface area contributed by atoms with Gasteiger partial charge in [0.2, 0.25) is 0 Å². The van der Waals surface area contributed by atoms with Gasteiger partial charge in [-0.2, -0.15) is 0 Å². The number of carbonyl (C=O) groups excluding carboxylic acids is 2. The number of rotatable bonds is 7. The summed E-state index contributed by atoms with van der Waals surface area (Å²) in [6.45, 7) is 2.48. The second-order valence-corrected chi connectivity index (χ2v) is 7.43. The molecule has 4 rings (SSSR count). The first-order valence-corrected chi connectivity index (χ1v) is 10.3. The van der Waals surface area contributed by atoms with Crippen LogP contribution in [0.25, 0.3) is 16.8 Å². The first-order valence-electron chi connectivity index (χ1n) is 10.3. The summed E-state index contributed by atoms with van der Waals surface area (Å²) in [5.74, 6) is -0.796. The van der Waals surface area contributed by atoms with Crippen LogP contribution in [0.4, 0.5) is 4.79 Å². The molecule has 7 nitrogen and oxygen atoms in total. The van der Waals surface area contributed by atoms with Gasteiger partial charge in [0.05, 0.1) is 5.56 Å². The molecule has 0 bridgehead atoms. The van der Waals surface area contributed by atoms with Gasteiger partial charge in [0.25, 0.3) is 5.91 Å². The first kappa shape index (κ1) is 21.1. The second kappa shape index (κ2) is 8.93. The highest BCUT2D eigenvalue weighted by Gasteiger charge is 2.33. The van der Waals surface area contributed by atoms with Crippen LogP contribution in [-0.2, 0) is 11.4 Å². The van der Waals surface area contributed by atoms with Crippen molar-refractivity contribution >= 4 is 34.8 Å². The molecule has 1 heterocycles. The summed E-state index contributed by atoms with van der Waals surface area (Å²) < 4.78 is 6.05. The molecule has 0 spiro atoms. The largest absolute Gasteiger partial charge is 0.488 e. The third-order valence-electron chi connectivity index (χ3n) is 5.22. The van der Waals surface area contributed by atoms with Gasteiger partial charge in [-0.15, -0.1) is 0 Å². The van der Waals surface area contributed by atoms with Crippen molar-refractivity contribution in [1.82, 2.24) is 10.2 Å². The summed E-state index contributed by atoms with van der Waals surface area (Å²) in [6.07, 6.45) is 2.33. The molecule has 1 aliphatic heterocycles. The molecule has 7 heteroatoms. The maximum atomic E-state index is 12.7. The number of hydrogen-bond donors (Lipinski definition) is 2. The Balaban J connectivity index is 1.68. The van der Waals surface area contributed by atoms with Gasteiger partial charge in [0.1, 0.15) is 18.1 Å². The van der Waals surface area contributed by atoms with Crippen molar-refractivity contribution in [2.75, 3.05) is 6.54 Å². The topological polar surface area (TPSA) is 95.9 Å². The quantitative estimate of drug-likeness (QED) is 0.427. The van der Waals surface area contributed by atoms with Gasteiger partial charge in [-0.25, -0.2) is 9.59 Å². The zero-order valence-electron chi connectivity index (χ0n) is 17.5. The molecular weight excluding hydrogens is 408 g/mol. The molecule has 0 aromatic heterocycles. The molecule has 1 aliphatic rings. The van der Waals surface area contributed by atoms with Crippen LogP contribution in [-0.4, -0.2) is 34.5 Å². The van der Waals surface area contributed by atoms with Crippen LogP contribution in [0, 0.1) is 0 Å². The van der Waals surface area contributed by atoms with Crippen molar-refractivity contribution in [3.63, 3.8) is 0 Å². The van der Waals surface area contributed by atoms with Crippen molar-refractivity contribution in [2.24, 2.45) is 0 Å². The van der Waals surface area contributed by atoms with Crippen molar-refractivity contribution < 1.29 is 24.2 Å². The van der Waals surface area contributed by atoms with E-state index in [0.29, 0.717) is 24.3 Å². The number of hydrogen-bond acceptors (Lipinski definition) is 4. The van der Waals surface area contributed by atoms with Crippen LogP contribution in [0.5, 0.6) is 5.75 Å². The zero-order valence-corrected chi connectivity index (χ0v) is 17.5. The Morgan fingerprint density at radius 2 is 1.81 bits per heavy atom. The van der Waals surface area contributed by atoms with Gasteiger partial charge < -0.3 is 15.2 Å². The normalized spacial score (nSPS) is 14.8. The number of ether oxygens (including phenoxy) is 1. The predicted molar refractivity (Wildman–Crippen MR) is 120 cm³/mol. The Morgan fingerprint density at radius 3 is 2.53 bits per heavy atom. The third kappa shape index (κ3) is 4.18. The fourth-order valence-corrected chi connectivity index (χ4v) is 3.60. The Bertz CT molecular complexity index is 1230. The van der Waals surface area contributed by atoms with Crippen molar-refractivity contribution in [3.05, 3.63) is 83.1 Å². The number of nitrogens with zero attached hydrogens (tertiary/aromatic N) is 1. The lowest BCUT2D eigenvalue weighted by atomic mass is 10.0. The summed E-state index contributed by atoms with van der Waals surface area (Å²) in [6, 6.07) is 17.5. The minimum Gasteiger partial charge on any atom is -0.488 e. The lowest BCUT2D eigenvalue weighted by Crippen LogP contribution is -2.31. The molecule has 0 atom stereocenters. The lowest BCUT2D eigenvalue weighted by Gasteiger charge is -2.13. The van der Waals surface area contributed by atoms with E-state index in [1.807, 2.05) is 43.3 Å². The van der Waals surface area contributed by atoms with Crippen LogP contribution >= 0.6 is 0 Å². The molecule has 162 valence electrons. The highest BCUT2D eigenvalue weighted by Crippen LogP contribution is 2.31. The Morgan fingerprint density at radius 1 is 1.06 bits per heavy atom. The van der Waals surface area contributed by atoms with Gasteiger partial charge in [-0.3, -0.25) is 9.69 Å². The highest BCUT2D eigenvalue weighted by atomic mass is 16.5. The van der Waals surface area contributed by atoms with Gasteiger partial charge >= 0.3 is 12.0 Å². The minimum absolute atomic E-state index is 0.204. The summed E-state index contributed by atoms with van der Waals surface area (Å²) in [5.41, 5.74) is 1.90. The van der Waals surface area contributed by atoms with E-state index in [9.17, 15) is 14.4 Å². The van der Waals surface area contributed by atoms with Crippen LogP contribution in [0.1, 0.15) is 34.8 Å². The fraction of sp³-hybridized carbons (Fsp3) is 0.160. The van der Waals surface area contributed by atoms with Gasteiger partial charge in [0, 0.05) is 12.1 Å². The molecule has 0 radical (unpaired) electrons. The fourth-order valence-electron chi connectivity index (χ4n) is 3.60. The molecular formula is C25H22N2O5.